The number of aliphatic imine (C=N–C) groups is 2. The number of aliphatic carboxylic acids is 1. The van der Waals surface area contributed by atoms with E-state index in [-0.39, 0.29) is 104 Å². The minimum absolute atomic E-state index is 0.00373. The Labute approximate surface area is 688 Å². The lowest BCUT2D eigenvalue weighted by atomic mass is 10.00. The Kier molecular flexibility index (Phi) is 37.7. The zero-order valence-electron chi connectivity index (χ0n) is 67.4. The van der Waals surface area contributed by atoms with Crippen LogP contribution in [0.4, 0.5) is 21.0 Å². The molecule has 0 fully saturated rings. The van der Waals surface area contributed by atoms with Crippen molar-refractivity contribution in [3.05, 3.63) is 190 Å². The molecule has 9 rings (SSSR count). The minimum Gasteiger partial charge on any atom is -0.481 e. The normalized spacial score (nSPS) is 19.6. The number of cyclic esters (lactones) is 2. The van der Waals surface area contributed by atoms with Crippen molar-refractivity contribution < 1.29 is 81.6 Å². The predicted molar refractivity (Wildman–Crippen MR) is 451 cm³/mol. The molecular formula is C84H106N10O17S4. The number of hydrogen-bond donors (Lipinski definition) is 7. The average molecular weight is 1660 g/mol. The SMILES string of the molecule is C=CC1CC(=O)NCc2nc(cs2)C2=N[C@@](C)(CS2)C(=O)N[C@@H](C(C)C)C(=O)O1.C=CCC(=O)Cc1ccccc1NC(=O)OC(C)(C)C.C=CCC(=O)Cc1ccccc1NC(=O)OC(C)(C)C.C=CCC(=O)O.Cc1ccccc1CC(=O)C/C=C/C1CC(=O)NCc2nc(cs2)C2=N[C@@](C)(CS2)C(=O)N[C@@H](C(C)C)C(=O)O1. The molecule has 8 bridgehead atoms. The van der Waals surface area contributed by atoms with Gasteiger partial charge in [-0.15, -0.1) is 65.9 Å². The second kappa shape index (κ2) is 45.6. The number of carbonyl (C=O) groups excluding carboxylic acids is 11. The second-order valence-electron chi connectivity index (χ2n) is 29.9. The van der Waals surface area contributed by atoms with E-state index in [1.165, 1.54) is 58.3 Å². The lowest BCUT2D eigenvalue weighted by Gasteiger charge is -2.27. The number of amides is 6. The number of carboxylic acids is 1. The smallest absolute Gasteiger partial charge is 0.412 e. The van der Waals surface area contributed by atoms with Crippen LogP contribution in [-0.4, -0.2) is 154 Å². The fourth-order valence-corrected chi connectivity index (χ4v) is 14.4. The van der Waals surface area contributed by atoms with Gasteiger partial charge >= 0.3 is 30.1 Å². The zero-order valence-corrected chi connectivity index (χ0v) is 70.7. The first-order chi connectivity index (χ1) is 54.1. The molecule has 4 aliphatic heterocycles. The molecule has 0 aliphatic carbocycles. The van der Waals surface area contributed by atoms with E-state index in [1.807, 2.05) is 93.9 Å². The van der Waals surface area contributed by atoms with Crippen LogP contribution in [0, 0.1) is 18.8 Å². The highest BCUT2D eigenvalue weighted by atomic mass is 32.2. The van der Waals surface area contributed by atoms with E-state index < -0.39 is 76.7 Å². The van der Waals surface area contributed by atoms with Gasteiger partial charge in [-0.1, -0.05) is 125 Å². The number of anilines is 2. The van der Waals surface area contributed by atoms with Crippen molar-refractivity contribution >= 4 is 139 Å². The van der Waals surface area contributed by atoms with Crippen molar-refractivity contribution in [1.82, 2.24) is 31.2 Å². The molecule has 31 heteroatoms. The van der Waals surface area contributed by atoms with Crippen molar-refractivity contribution in [3.8, 4) is 0 Å². The standard InChI is InChI=1S/C29H34N4O5S2.C19H24N4O4S2.2C16H21NO3.C4H6O2/c1-17(2)25-27(36)38-21(11-7-10-20(34)12-19-9-6-5-8-18(19)3)13-23(35)30-14-24-31-22(15-39-24)26-33-29(4,16-40-26)28(37)32-25;1-5-11-6-13(24)20-7-14-21-12(8-28-14)16-23-19(4,9-29-16)18(26)22-15(10(2)3)17(25)27-11;2*1-5-8-13(18)11-12-9-6-7-10-14(12)17-15(19)20-16(2,3)4;1-2-3-4(5)6/h5-9,11,15,17,21,25H,10,12-14,16H2,1-4H3,(H,30,35)(H,32,37);5,8,10-11,15H,1,6-7,9H2,2-4H3,(H,20,24)(H,22,26);2*5-7,9-10H,1,8,11H2,2-4H3,(H,17,19);2H,1,3H2,(H,5,6)/b11-7+;;;;/t21?,25-,29-;11?,15-,19-;;;/m00.../s1. The number of fused-ring (bicyclic) bond motifs is 8. The van der Waals surface area contributed by atoms with Crippen LogP contribution in [0.15, 0.2) is 156 Å². The number of rotatable bonds is 20. The van der Waals surface area contributed by atoms with Crippen molar-refractivity contribution in [2.75, 3.05) is 22.1 Å². The van der Waals surface area contributed by atoms with Crippen LogP contribution in [0.1, 0.15) is 165 Å². The predicted octanol–water partition coefficient (Wildman–Crippen LogP) is 13.3. The zero-order chi connectivity index (χ0) is 85.4. The first kappa shape index (κ1) is 95.1. The average Bonchev–Trinajstić information content (AvgIpc) is 1.66. The molecule has 618 valence electrons. The largest absolute Gasteiger partial charge is 0.481 e. The number of ether oxygens (including phenoxy) is 4. The molecule has 115 heavy (non-hydrogen) atoms. The number of carboxylic acid groups (broad SMARTS) is 1. The van der Waals surface area contributed by atoms with Gasteiger partial charge in [0.25, 0.3) is 0 Å². The number of hydrogen-bond acceptors (Lipinski definition) is 24. The van der Waals surface area contributed by atoms with Gasteiger partial charge in [-0.3, -0.25) is 59.0 Å². The summed E-state index contributed by atoms with van der Waals surface area (Å²) in [6.45, 7) is 37.9. The van der Waals surface area contributed by atoms with Crippen molar-refractivity contribution in [2.24, 2.45) is 21.8 Å². The summed E-state index contributed by atoms with van der Waals surface area (Å²) in [5, 5.41) is 30.9. The van der Waals surface area contributed by atoms with Crippen LogP contribution in [0.5, 0.6) is 0 Å². The van der Waals surface area contributed by atoms with Crippen LogP contribution in [0.3, 0.4) is 0 Å². The third-order valence-corrected chi connectivity index (χ3v) is 20.8. The Morgan fingerprint density at radius 2 is 0.957 bits per heavy atom. The van der Waals surface area contributed by atoms with E-state index in [4.69, 9.17) is 24.1 Å². The van der Waals surface area contributed by atoms with Crippen molar-refractivity contribution in [2.45, 2.75) is 207 Å². The monoisotopic (exact) mass is 1650 g/mol. The lowest BCUT2D eigenvalue weighted by molar-refractivity contribution is -0.154. The third kappa shape index (κ3) is 33.1. The number of ketones is 3. The van der Waals surface area contributed by atoms with E-state index in [2.05, 4.69) is 78.2 Å². The molecule has 6 heterocycles. The number of esters is 2. The number of aryl methyl sites for hydroxylation is 1. The molecule has 0 spiro atoms. The second-order valence-corrected chi connectivity index (χ2v) is 33.7. The van der Waals surface area contributed by atoms with Gasteiger partial charge in [0.05, 0.1) is 32.4 Å². The van der Waals surface area contributed by atoms with Gasteiger partial charge in [-0.2, -0.15) is 0 Å². The van der Waals surface area contributed by atoms with Gasteiger partial charge in [0, 0.05) is 72.2 Å². The summed E-state index contributed by atoms with van der Waals surface area (Å²) in [5.41, 5.74) is 2.92. The van der Waals surface area contributed by atoms with E-state index in [9.17, 15) is 57.5 Å². The number of aromatic nitrogens is 2. The fraction of sp³-hybridized carbons (Fsp3) is 0.429. The Morgan fingerprint density at radius 3 is 1.34 bits per heavy atom. The summed E-state index contributed by atoms with van der Waals surface area (Å²) in [6, 6.07) is 20.3. The van der Waals surface area contributed by atoms with Gasteiger partial charge in [-0.05, 0) is 115 Å². The van der Waals surface area contributed by atoms with Crippen LogP contribution in [-0.2, 0) is 99.2 Å². The van der Waals surface area contributed by atoms with E-state index in [0.717, 1.165) is 27.3 Å². The molecule has 2 aromatic heterocycles. The highest BCUT2D eigenvalue weighted by molar-refractivity contribution is 8.15. The molecule has 3 aromatic carbocycles. The first-order valence-electron chi connectivity index (χ1n) is 37.2. The molecule has 0 radical (unpaired) electrons. The van der Waals surface area contributed by atoms with Crippen LogP contribution in [0.25, 0.3) is 0 Å². The first-order valence-corrected chi connectivity index (χ1v) is 40.9. The molecule has 4 aliphatic rings. The van der Waals surface area contributed by atoms with Gasteiger partial charge in [0.2, 0.25) is 23.6 Å². The molecule has 27 nitrogen and oxygen atoms in total. The summed E-state index contributed by atoms with van der Waals surface area (Å²) >= 11 is 5.70. The molecular weight excluding hydrogens is 1550 g/mol. The fourth-order valence-electron chi connectivity index (χ4n) is 10.6. The number of thioether (sulfide) groups is 2. The number of carbonyl (C=O) groups is 12. The maximum absolute atomic E-state index is 13.3. The summed E-state index contributed by atoms with van der Waals surface area (Å²) in [4.78, 5) is 165. The Morgan fingerprint density at radius 1 is 0.574 bits per heavy atom. The van der Waals surface area contributed by atoms with Gasteiger partial charge < -0.3 is 45.3 Å². The minimum atomic E-state index is -1.06. The molecule has 6 atom stereocenters. The molecule has 7 N–H and O–H groups in total. The summed E-state index contributed by atoms with van der Waals surface area (Å²) in [6.07, 6.45) is 7.82. The van der Waals surface area contributed by atoms with Crippen molar-refractivity contribution in [1.29, 1.82) is 0 Å². The topological polar surface area (TPSA) is 385 Å². The molecule has 2 unspecified atom stereocenters. The maximum Gasteiger partial charge on any atom is 0.412 e. The molecule has 0 saturated carbocycles. The van der Waals surface area contributed by atoms with Gasteiger partial charge in [0.15, 0.2) is 0 Å². The number of nitrogens with one attached hydrogen (secondary N) is 6. The Bertz CT molecular complexity index is 4340. The van der Waals surface area contributed by atoms with E-state index >= 15 is 0 Å². The Balaban J connectivity index is 0.000000278. The molecule has 6 amide bonds. The maximum atomic E-state index is 13.3. The summed E-state index contributed by atoms with van der Waals surface area (Å²) in [5.74, 6) is -2.90. The van der Waals surface area contributed by atoms with Gasteiger partial charge in [0.1, 0.15) is 95.4 Å². The van der Waals surface area contributed by atoms with Crippen LogP contribution < -0.4 is 31.9 Å². The van der Waals surface area contributed by atoms with Crippen LogP contribution >= 0.6 is 46.2 Å². The number of nitrogens with zero attached hydrogens (tertiary/aromatic N) is 4. The summed E-state index contributed by atoms with van der Waals surface area (Å²) < 4.78 is 21.6. The van der Waals surface area contributed by atoms with Gasteiger partial charge in [-0.25, -0.2) is 29.1 Å². The molecule has 5 aromatic rings. The number of benzene rings is 3. The lowest BCUT2D eigenvalue weighted by Crippen LogP contribution is -2.53. The highest BCUT2D eigenvalue weighted by Crippen LogP contribution is 2.34. The third-order valence-electron chi connectivity index (χ3n) is 16.5. The van der Waals surface area contributed by atoms with Crippen molar-refractivity contribution in [3.63, 3.8) is 0 Å². The number of thiazole rings is 2. The van der Waals surface area contributed by atoms with Crippen LogP contribution in [0.2, 0.25) is 0 Å². The molecule has 0 saturated heterocycles. The quantitative estimate of drug-likeness (QED) is 0.0216. The number of allylic oxidation sites excluding steroid dienone is 3. The summed E-state index contributed by atoms with van der Waals surface area (Å²) in [7, 11) is 0. The number of para-hydroxylation sites is 2. The highest BCUT2D eigenvalue weighted by Gasteiger charge is 2.44. The Hall–Kier alpha value is -10.5. The van der Waals surface area contributed by atoms with E-state index in [0.29, 0.717) is 68.6 Å². The number of Topliss-reactive ketones (excluding diaryl/α,β-unsaturated/α-hetero) is 3. The van der Waals surface area contributed by atoms with E-state index in [1.54, 1.807) is 104 Å².